The monoisotopic (exact) mass is 184 g/mol. The van der Waals surface area contributed by atoms with E-state index in [4.69, 9.17) is 0 Å². The summed E-state index contributed by atoms with van der Waals surface area (Å²) in [6.45, 7) is 0. The lowest BCUT2D eigenvalue weighted by atomic mass is 10.1. The van der Waals surface area contributed by atoms with Crippen molar-refractivity contribution in [3.05, 3.63) is 47.5 Å². The molecule has 1 aliphatic carbocycles. The SMILES string of the molecule is O=C1c2cccc3cccc(c23)C1O. The zero-order valence-corrected chi connectivity index (χ0v) is 7.40. The van der Waals surface area contributed by atoms with Gasteiger partial charge in [-0.1, -0.05) is 36.4 Å². The van der Waals surface area contributed by atoms with Crippen LogP contribution in [0.4, 0.5) is 0 Å². The Balaban J connectivity index is 2.55. The van der Waals surface area contributed by atoms with Crippen LogP contribution in [0.3, 0.4) is 0 Å². The maximum absolute atomic E-state index is 11.6. The van der Waals surface area contributed by atoms with Crippen LogP contribution in [0.2, 0.25) is 0 Å². The maximum Gasteiger partial charge on any atom is 0.196 e. The minimum Gasteiger partial charge on any atom is -0.380 e. The maximum atomic E-state index is 11.6. The lowest BCUT2D eigenvalue weighted by Crippen LogP contribution is -2.03. The molecule has 0 saturated heterocycles. The van der Waals surface area contributed by atoms with Crippen molar-refractivity contribution in [1.29, 1.82) is 0 Å². The average molecular weight is 184 g/mol. The van der Waals surface area contributed by atoms with Gasteiger partial charge >= 0.3 is 0 Å². The first-order chi connectivity index (χ1) is 6.79. The van der Waals surface area contributed by atoms with Gasteiger partial charge in [-0.05, 0) is 16.3 Å². The van der Waals surface area contributed by atoms with E-state index in [0.29, 0.717) is 5.56 Å². The van der Waals surface area contributed by atoms with Gasteiger partial charge in [0.05, 0.1) is 0 Å². The topological polar surface area (TPSA) is 37.3 Å². The lowest BCUT2D eigenvalue weighted by molar-refractivity contribution is 0.0766. The molecule has 2 aromatic rings. The van der Waals surface area contributed by atoms with Gasteiger partial charge in [-0.15, -0.1) is 0 Å². The summed E-state index contributed by atoms with van der Waals surface area (Å²) in [7, 11) is 0. The average Bonchev–Trinajstić information content (AvgIpc) is 2.47. The summed E-state index contributed by atoms with van der Waals surface area (Å²) in [5.74, 6) is -0.184. The fourth-order valence-electron chi connectivity index (χ4n) is 2.09. The van der Waals surface area contributed by atoms with Crippen LogP contribution in [0.1, 0.15) is 22.0 Å². The third-order valence-electron chi connectivity index (χ3n) is 2.75. The Kier molecular flexibility index (Phi) is 1.33. The van der Waals surface area contributed by atoms with E-state index in [2.05, 4.69) is 0 Å². The van der Waals surface area contributed by atoms with Gasteiger partial charge in [0, 0.05) is 5.56 Å². The third kappa shape index (κ3) is 0.763. The van der Waals surface area contributed by atoms with Crippen LogP contribution >= 0.6 is 0 Å². The molecule has 1 N–H and O–H groups in total. The molecule has 0 fully saturated rings. The van der Waals surface area contributed by atoms with Gasteiger partial charge in [-0.3, -0.25) is 4.79 Å². The fraction of sp³-hybridized carbons (Fsp3) is 0.0833. The van der Waals surface area contributed by atoms with Crippen molar-refractivity contribution in [3.8, 4) is 0 Å². The second-order valence-electron chi connectivity index (χ2n) is 3.52. The molecule has 2 aromatic carbocycles. The van der Waals surface area contributed by atoms with Crippen molar-refractivity contribution in [1.82, 2.24) is 0 Å². The van der Waals surface area contributed by atoms with Crippen LogP contribution in [-0.4, -0.2) is 10.9 Å². The fourth-order valence-corrected chi connectivity index (χ4v) is 2.09. The first-order valence-electron chi connectivity index (χ1n) is 4.53. The van der Waals surface area contributed by atoms with Crippen molar-refractivity contribution in [2.75, 3.05) is 0 Å². The number of Topliss-reactive ketones (excluding diaryl/α,β-unsaturated/α-hetero) is 1. The molecule has 0 heterocycles. The van der Waals surface area contributed by atoms with E-state index < -0.39 is 6.10 Å². The van der Waals surface area contributed by atoms with Crippen LogP contribution in [0.5, 0.6) is 0 Å². The normalized spacial score (nSPS) is 19.2. The summed E-state index contributed by atoms with van der Waals surface area (Å²) in [5, 5.41) is 11.6. The predicted molar refractivity (Wildman–Crippen MR) is 53.2 cm³/mol. The molecule has 2 nitrogen and oxygen atoms in total. The van der Waals surface area contributed by atoms with Gasteiger partial charge in [-0.25, -0.2) is 0 Å². The summed E-state index contributed by atoms with van der Waals surface area (Å²) in [4.78, 5) is 11.6. The van der Waals surface area contributed by atoms with Crippen molar-refractivity contribution in [2.24, 2.45) is 0 Å². The summed E-state index contributed by atoms with van der Waals surface area (Å²) in [6, 6.07) is 11.2. The number of ketones is 1. The van der Waals surface area contributed by atoms with Crippen LogP contribution in [0.15, 0.2) is 36.4 Å². The highest BCUT2D eigenvalue weighted by molar-refractivity contribution is 6.17. The Labute approximate surface area is 80.8 Å². The van der Waals surface area contributed by atoms with Gasteiger partial charge in [-0.2, -0.15) is 0 Å². The molecule has 2 heteroatoms. The molecule has 1 unspecified atom stereocenters. The highest BCUT2D eigenvalue weighted by atomic mass is 16.3. The van der Waals surface area contributed by atoms with E-state index in [9.17, 15) is 9.90 Å². The molecule has 0 bridgehead atoms. The van der Waals surface area contributed by atoms with E-state index in [1.165, 1.54) is 0 Å². The molecule has 0 aromatic heterocycles. The van der Waals surface area contributed by atoms with Crippen LogP contribution < -0.4 is 0 Å². The number of aliphatic hydroxyl groups excluding tert-OH is 1. The van der Waals surface area contributed by atoms with Crippen LogP contribution in [0, 0.1) is 0 Å². The Morgan fingerprint density at radius 3 is 2.57 bits per heavy atom. The van der Waals surface area contributed by atoms with E-state index >= 15 is 0 Å². The number of hydrogen-bond acceptors (Lipinski definition) is 2. The Morgan fingerprint density at radius 2 is 1.79 bits per heavy atom. The van der Waals surface area contributed by atoms with E-state index in [0.717, 1.165) is 16.3 Å². The largest absolute Gasteiger partial charge is 0.380 e. The first kappa shape index (κ1) is 7.71. The van der Waals surface area contributed by atoms with Crippen molar-refractivity contribution < 1.29 is 9.90 Å². The summed E-state index contributed by atoms with van der Waals surface area (Å²) in [6.07, 6.45) is -0.962. The highest BCUT2D eigenvalue weighted by Gasteiger charge is 2.30. The Morgan fingerprint density at radius 1 is 1.07 bits per heavy atom. The quantitative estimate of drug-likeness (QED) is 0.680. The van der Waals surface area contributed by atoms with Gasteiger partial charge < -0.3 is 5.11 Å². The second kappa shape index (κ2) is 2.42. The number of hydrogen-bond donors (Lipinski definition) is 1. The lowest BCUT2D eigenvalue weighted by Gasteiger charge is -2.00. The van der Waals surface area contributed by atoms with Crippen LogP contribution in [0.25, 0.3) is 10.8 Å². The van der Waals surface area contributed by atoms with Crippen molar-refractivity contribution >= 4 is 16.6 Å². The number of carbonyl (C=O) groups excluding carboxylic acids is 1. The molecule has 68 valence electrons. The summed E-state index contributed by atoms with van der Waals surface area (Å²) in [5.41, 5.74) is 1.38. The molecule has 0 aliphatic heterocycles. The molecular weight excluding hydrogens is 176 g/mol. The first-order valence-corrected chi connectivity index (χ1v) is 4.53. The molecule has 14 heavy (non-hydrogen) atoms. The molecule has 0 radical (unpaired) electrons. The van der Waals surface area contributed by atoms with Crippen LogP contribution in [-0.2, 0) is 0 Å². The minimum atomic E-state index is -0.962. The Bertz CT molecular complexity index is 538. The number of carbonyl (C=O) groups is 1. The molecule has 1 aliphatic rings. The molecule has 0 saturated carbocycles. The second-order valence-corrected chi connectivity index (χ2v) is 3.52. The zero-order chi connectivity index (χ0) is 9.71. The number of benzene rings is 2. The van der Waals surface area contributed by atoms with Gasteiger partial charge in [0.2, 0.25) is 0 Å². The van der Waals surface area contributed by atoms with E-state index in [1.807, 2.05) is 24.3 Å². The number of rotatable bonds is 0. The smallest absolute Gasteiger partial charge is 0.196 e. The molecule has 1 atom stereocenters. The predicted octanol–water partition coefficient (Wildman–Crippen LogP) is 2.07. The van der Waals surface area contributed by atoms with Gasteiger partial charge in [0.1, 0.15) is 6.10 Å². The van der Waals surface area contributed by atoms with Crippen molar-refractivity contribution in [3.63, 3.8) is 0 Å². The molecular formula is C12H8O2. The van der Waals surface area contributed by atoms with E-state index in [1.54, 1.807) is 12.1 Å². The van der Waals surface area contributed by atoms with Crippen molar-refractivity contribution in [2.45, 2.75) is 6.10 Å². The van der Waals surface area contributed by atoms with Gasteiger partial charge in [0.25, 0.3) is 0 Å². The zero-order valence-electron chi connectivity index (χ0n) is 7.40. The molecule has 3 rings (SSSR count). The molecule has 0 spiro atoms. The summed E-state index contributed by atoms with van der Waals surface area (Å²) < 4.78 is 0. The minimum absolute atomic E-state index is 0.184. The Hall–Kier alpha value is -1.67. The molecule has 0 amide bonds. The third-order valence-corrected chi connectivity index (χ3v) is 2.75. The highest BCUT2D eigenvalue weighted by Crippen LogP contribution is 2.36. The standard InChI is InChI=1S/C12H8O2/c13-11-8-5-1-3-7-4-2-6-9(10(7)8)12(11)14/h1-6,11,13H. The number of aliphatic hydroxyl groups is 1. The summed E-state index contributed by atoms with van der Waals surface area (Å²) >= 11 is 0. The van der Waals surface area contributed by atoms with Gasteiger partial charge in [0.15, 0.2) is 5.78 Å². The van der Waals surface area contributed by atoms with E-state index in [-0.39, 0.29) is 5.78 Å².